The number of hydrogen-bond donors (Lipinski definition) is 0. The van der Waals surface area contributed by atoms with Crippen LogP contribution in [0.1, 0.15) is 11.1 Å². The maximum atomic E-state index is 10.2. The molecule has 0 aliphatic heterocycles. The Labute approximate surface area is 741 Å². The van der Waals surface area contributed by atoms with E-state index in [1.807, 2.05) is 97.1 Å². The maximum Gasteiger partial charge on any atom is 0.235 e. The predicted octanol–water partition coefficient (Wildman–Crippen LogP) is 29.5. The SMILES string of the molecule is N#Cc1cccc(-c2cc(-c3ccccc3)nc(-n3c4ccc(-c5cccc(-n6c7ccccc7c7ccccc76)c5)cc4c4cc(-c5cccc(-n6c7ccccc7c7c(-c8cccc(-n9c%10ccc(-c%11ccccc%11)cc%10c%10cc(-c%11ccc%12c%13ccccc%13n(-c%13nc(-c%14ccccc%14)cc(-c%14cccc(C#N)c%14)n%13)c%12c%11)ccc%109)c8)cccc76)c5)ccc43)n2)c1. The zero-order valence-electron chi connectivity index (χ0n) is 69.4. The predicted molar refractivity (Wildman–Crippen MR) is 528 cm³/mol. The van der Waals surface area contributed by atoms with E-state index in [9.17, 15) is 10.5 Å². The molecular formula is C118H71N11. The molecule has 0 bridgehead atoms. The molecule has 7 aromatic heterocycles. The number of aromatic nitrogens is 9. The topological polar surface area (TPSA) is 124 Å². The van der Waals surface area contributed by atoms with Crippen molar-refractivity contribution in [3.05, 3.63) is 442 Å². The van der Waals surface area contributed by atoms with Gasteiger partial charge in [0.15, 0.2) is 0 Å². The minimum Gasteiger partial charge on any atom is -0.309 e. The normalized spacial score (nSPS) is 11.7. The highest BCUT2D eigenvalue weighted by Gasteiger charge is 2.26. The molecule has 25 aromatic rings. The first-order chi connectivity index (χ1) is 63.8. The fraction of sp³-hybridized carbons (Fsp3) is 0. The van der Waals surface area contributed by atoms with Crippen molar-refractivity contribution in [2.45, 2.75) is 0 Å². The second kappa shape index (κ2) is 30.0. The summed E-state index contributed by atoms with van der Waals surface area (Å²) >= 11 is 0. The quantitative estimate of drug-likeness (QED) is 0.107. The van der Waals surface area contributed by atoms with E-state index < -0.39 is 0 Å². The van der Waals surface area contributed by atoms with Gasteiger partial charge in [0.25, 0.3) is 0 Å². The highest BCUT2D eigenvalue weighted by Crippen LogP contribution is 2.46. The number of fused-ring (bicyclic) bond motifs is 15. The molecule has 0 spiro atoms. The van der Waals surface area contributed by atoms with Gasteiger partial charge in [-0.05, 0) is 213 Å². The first-order valence-corrected chi connectivity index (χ1v) is 43.3. The van der Waals surface area contributed by atoms with Crippen molar-refractivity contribution in [1.82, 2.24) is 42.8 Å². The van der Waals surface area contributed by atoms with Crippen molar-refractivity contribution in [3.63, 3.8) is 0 Å². The van der Waals surface area contributed by atoms with Gasteiger partial charge >= 0.3 is 0 Å². The van der Waals surface area contributed by atoms with Crippen LogP contribution in [-0.4, -0.2) is 42.8 Å². The molecule has 0 aliphatic carbocycles. The smallest absolute Gasteiger partial charge is 0.235 e. The van der Waals surface area contributed by atoms with Crippen LogP contribution in [-0.2, 0) is 0 Å². The van der Waals surface area contributed by atoms with Crippen LogP contribution in [0.15, 0.2) is 431 Å². The summed E-state index contributed by atoms with van der Waals surface area (Å²) < 4.78 is 11.7. The van der Waals surface area contributed by atoms with E-state index in [1.165, 1.54) is 10.8 Å². The lowest BCUT2D eigenvalue weighted by Crippen LogP contribution is -2.04. The van der Waals surface area contributed by atoms with E-state index in [1.54, 1.807) is 0 Å². The summed E-state index contributed by atoms with van der Waals surface area (Å²) in [5.74, 6) is 1.05. The molecule has 18 aromatic carbocycles. The van der Waals surface area contributed by atoms with Gasteiger partial charge < -0.3 is 13.7 Å². The van der Waals surface area contributed by atoms with Gasteiger partial charge in [-0.15, -0.1) is 0 Å². The van der Waals surface area contributed by atoms with Crippen LogP contribution in [0.5, 0.6) is 0 Å². The van der Waals surface area contributed by atoms with Gasteiger partial charge in [0.05, 0.1) is 101 Å². The van der Waals surface area contributed by atoms with E-state index in [0.29, 0.717) is 28.7 Å². The summed E-state index contributed by atoms with van der Waals surface area (Å²) in [5, 5.41) is 31.5. The Morgan fingerprint density at radius 1 is 0.171 bits per heavy atom. The maximum absolute atomic E-state index is 10.2. The van der Waals surface area contributed by atoms with Crippen molar-refractivity contribution >= 4 is 109 Å². The Bertz CT molecular complexity index is 8990. The zero-order valence-corrected chi connectivity index (χ0v) is 69.4. The number of benzene rings is 18. The number of rotatable bonds is 14. The van der Waals surface area contributed by atoms with Crippen molar-refractivity contribution in [3.8, 4) is 142 Å². The molecule has 11 nitrogen and oxygen atoms in total. The molecule has 129 heavy (non-hydrogen) atoms. The molecule has 0 N–H and O–H groups in total. The van der Waals surface area contributed by atoms with E-state index in [0.717, 1.165) is 210 Å². The fourth-order valence-corrected chi connectivity index (χ4v) is 19.8. The van der Waals surface area contributed by atoms with Gasteiger partial charge in [0.2, 0.25) is 11.9 Å². The molecule has 0 atom stereocenters. The Morgan fingerprint density at radius 3 is 0.930 bits per heavy atom. The van der Waals surface area contributed by atoms with E-state index in [-0.39, 0.29) is 0 Å². The van der Waals surface area contributed by atoms with Crippen molar-refractivity contribution in [1.29, 1.82) is 10.5 Å². The second-order valence-corrected chi connectivity index (χ2v) is 33.1. The fourth-order valence-electron chi connectivity index (χ4n) is 19.8. The lowest BCUT2D eigenvalue weighted by atomic mass is 9.99. The summed E-state index contributed by atoms with van der Waals surface area (Å²) in [6, 6.07) is 158. The van der Waals surface area contributed by atoms with Crippen LogP contribution in [0.2, 0.25) is 0 Å². The third-order valence-electron chi connectivity index (χ3n) is 25.8. The van der Waals surface area contributed by atoms with E-state index >= 15 is 0 Å². The lowest BCUT2D eigenvalue weighted by Gasteiger charge is -2.13. The average Bonchev–Trinajstić information content (AvgIpc) is 1.59. The minimum atomic E-state index is 0.518. The molecule has 7 heterocycles. The number of nitriles is 2. The molecule has 0 unspecified atom stereocenters. The van der Waals surface area contributed by atoms with Crippen LogP contribution in [0, 0.1) is 22.7 Å². The van der Waals surface area contributed by atoms with Crippen molar-refractivity contribution in [2.75, 3.05) is 0 Å². The van der Waals surface area contributed by atoms with Gasteiger partial charge in [-0.1, -0.05) is 273 Å². The van der Waals surface area contributed by atoms with Crippen LogP contribution < -0.4 is 0 Å². The van der Waals surface area contributed by atoms with Crippen molar-refractivity contribution < 1.29 is 0 Å². The minimum absolute atomic E-state index is 0.518. The lowest BCUT2D eigenvalue weighted by molar-refractivity contribution is 0.995. The molecule has 0 amide bonds. The number of hydrogen-bond acceptors (Lipinski definition) is 6. The van der Waals surface area contributed by atoms with E-state index in [4.69, 9.17) is 19.9 Å². The molecule has 11 heteroatoms. The van der Waals surface area contributed by atoms with Crippen LogP contribution in [0.4, 0.5) is 0 Å². The molecule has 0 radical (unpaired) electrons. The number of nitrogens with zero attached hydrogens (tertiary/aromatic N) is 11. The largest absolute Gasteiger partial charge is 0.309 e. The molecule has 0 saturated heterocycles. The zero-order chi connectivity index (χ0) is 85.3. The van der Waals surface area contributed by atoms with Crippen molar-refractivity contribution in [2.24, 2.45) is 0 Å². The molecule has 0 aliphatic rings. The Kier molecular flexibility index (Phi) is 17.1. The molecule has 0 saturated carbocycles. The highest BCUT2D eigenvalue weighted by molar-refractivity contribution is 6.18. The highest BCUT2D eigenvalue weighted by atomic mass is 15.2. The van der Waals surface area contributed by atoms with Gasteiger partial charge in [-0.2, -0.15) is 10.5 Å². The van der Waals surface area contributed by atoms with Crippen LogP contribution in [0.25, 0.3) is 239 Å². The Balaban J connectivity index is 0.613. The second-order valence-electron chi connectivity index (χ2n) is 33.1. The third kappa shape index (κ3) is 12.3. The standard InChI is InChI=1S/C118H71N11/c119-72-74-24-18-35-87(60-74)104-70-102(77-28-6-2-7-29-77)121-117(123-104)128-112-58-53-82(79-32-20-37-89(62-79)125-106-45-14-10-40-93(106)94-41-11-15-46-107(94)125)66-100(112)101-67-83(54-59-113(101)128)80-33-21-38-90(63-80)127-109-48-17-13-43-97(109)116-92(44-23-49-114(116)127)86-34-22-39-91(64-86)126-110-56-51-81(76-26-4-1-5-27-76)65-98(110)99-68-84(52-57-111(99)126)85-50-55-96-95-42-12-16-47-108(95)129(115(96)69-85)118-122-103(78-30-8-3-9-31-78)71-105(124-118)88-36-19-25-75(61-88)73-120/h1-71H. The van der Waals surface area contributed by atoms with Gasteiger partial charge in [-0.3, -0.25) is 9.13 Å². The van der Waals surface area contributed by atoms with Gasteiger partial charge in [-0.25, -0.2) is 19.9 Å². The monoisotopic (exact) mass is 1640 g/mol. The summed E-state index contributed by atoms with van der Waals surface area (Å²) in [5.41, 5.74) is 32.3. The molecule has 598 valence electrons. The number of para-hydroxylation sites is 4. The van der Waals surface area contributed by atoms with Crippen LogP contribution in [0.3, 0.4) is 0 Å². The first-order valence-electron chi connectivity index (χ1n) is 43.3. The van der Waals surface area contributed by atoms with Gasteiger partial charge in [0.1, 0.15) is 0 Å². The van der Waals surface area contributed by atoms with Crippen LogP contribution >= 0.6 is 0 Å². The average molecular weight is 1640 g/mol. The molecule has 25 rings (SSSR count). The van der Waals surface area contributed by atoms with E-state index in [2.05, 4.69) is 369 Å². The summed E-state index contributed by atoms with van der Waals surface area (Å²) in [4.78, 5) is 21.6. The molecular weight excluding hydrogens is 1570 g/mol. The van der Waals surface area contributed by atoms with Gasteiger partial charge in [0, 0.05) is 93.2 Å². The summed E-state index contributed by atoms with van der Waals surface area (Å²) in [6.45, 7) is 0. The Morgan fingerprint density at radius 2 is 0.465 bits per heavy atom. The Hall–Kier alpha value is -17.9. The summed E-state index contributed by atoms with van der Waals surface area (Å²) in [6.07, 6.45) is 0. The first kappa shape index (κ1) is 73.8. The summed E-state index contributed by atoms with van der Waals surface area (Å²) in [7, 11) is 0. The third-order valence-corrected chi connectivity index (χ3v) is 25.8. The molecule has 0 fully saturated rings.